The van der Waals surface area contributed by atoms with E-state index < -0.39 is 6.04 Å². The summed E-state index contributed by atoms with van der Waals surface area (Å²) >= 11 is 0. The third-order valence-corrected chi connectivity index (χ3v) is 2.75. The van der Waals surface area contributed by atoms with Crippen LogP contribution in [0.5, 0.6) is 0 Å². The Balaban J connectivity index is 0.00000200. The number of aromatic nitrogens is 3. The maximum absolute atomic E-state index is 12.2. The second-order valence-electron chi connectivity index (χ2n) is 4.32. The molecule has 0 aliphatic rings. The number of nitrogens with one attached hydrogen (secondary N) is 2. The Morgan fingerprint density at radius 3 is 2.57 bits per heavy atom. The van der Waals surface area contributed by atoms with E-state index in [0.717, 1.165) is 11.3 Å². The summed E-state index contributed by atoms with van der Waals surface area (Å²) in [7, 11) is 3.55. The Labute approximate surface area is 136 Å². The van der Waals surface area contributed by atoms with Gasteiger partial charge in [-0.2, -0.15) is 5.10 Å². The molecule has 21 heavy (non-hydrogen) atoms. The molecule has 0 bridgehead atoms. The summed E-state index contributed by atoms with van der Waals surface area (Å²) in [5.41, 5.74) is 1.68. The van der Waals surface area contributed by atoms with Gasteiger partial charge in [-0.15, -0.1) is 24.8 Å². The van der Waals surface area contributed by atoms with Crippen LogP contribution < -0.4 is 10.6 Å². The zero-order valence-corrected chi connectivity index (χ0v) is 13.7. The van der Waals surface area contributed by atoms with Crippen LogP contribution in [0.25, 0.3) is 0 Å². The molecule has 2 aromatic rings. The van der Waals surface area contributed by atoms with E-state index in [9.17, 15) is 4.79 Å². The largest absolute Gasteiger partial charge is 0.309 e. The van der Waals surface area contributed by atoms with Crippen LogP contribution in [0.15, 0.2) is 30.6 Å². The number of carbonyl (C=O) groups is 1. The van der Waals surface area contributed by atoms with Gasteiger partial charge in [0, 0.05) is 24.5 Å². The molecule has 1 unspecified atom stereocenters. The van der Waals surface area contributed by atoms with Gasteiger partial charge in [-0.1, -0.05) is 6.07 Å². The zero-order valence-electron chi connectivity index (χ0n) is 12.0. The molecule has 0 radical (unpaired) electrons. The lowest BCUT2D eigenvalue weighted by molar-refractivity contribution is -0.118. The van der Waals surface area contributed by atoms with Crippen molar-refractivity contribution in [2.45, 2.75) is 13.0 Å². The van der Waals surface area contributed by atoms with Gasteiger partial charge in [0.1, 0.15) is 11.9 Å². The molecule has 0 aliphatic carbocycles. The molecule has 1 amide bonds. The number of anilines is 1. The first-order valence-corrected chi connectivity index (χ1v) is 6.00. The van der Waals surface area contributed by atoms with E-state index >= 15 is 0 Å². The highest BCUT2D eigenvalue weighted by Gasteiger charge is 2.20. The number of rotatable bonds is 4. The van der Waals surface area contributed by atoms with Gasteiger partial charge in [0.05, 0.1) is 6.20 Å². The van der Waals surface area contributed by atoms with E-state index in [-0.39, 0.29) is 30.7 Å². The summed E-state index contributed by atoms with van der Waals surface area (Å²) < 4.78 is 1.66. The van der Waals surface area contributed by atoms with E-state index in [2.05, 4.69) is 20.7 Å². The molecule has 0 spiro atoms. The first-order chi connectivity index (χ1) is 9.10. The van der Waals surface area contributed by atoms with Gasteiger partial charge < -0.3 is 10.6 Å². The zero-order chi connectivity index (χ0) is 13.8. The summed E-state index contributed by atoms with van der Waals surface area (Å²) in [5.74, 6) is 0.391. The minimum atomic E-state index is -0.448. The van der Waals surface area contributed by atoms with E-state index in [0.29, 0.717) is 5.82 Å². The SMILES string of the molecule is CNC(C(=O)Nc1cccc(C)n1)c1cnn(C)c1.Cl.Cl. The van der Waals surface area contributed by atoms with Gasteiger partial charge in [0.25, 0.3) is 0 Å². The molecule has 0 aromatic carbocycles. The third-order valence-electron chi connectivity index (χ3n) is 2.75. The highest BCUT2D eigenvalue weighted by atomic mass is 35.5. The van der Waals surface area contributed by atoms with Crippen LogP contribution in [0.3, 0.4) is 0 Å². The van der Waals surface area contributed by atoms with Gasteiger partial charge in [-0.25, -0.2) is 4.98 Å². The molecule has 0 saturated heterocycles. The molecule has 6 nitrogen and oxygen atoms in total. The van der Waals surface area contributed by atoms with Crippen LogP contribution in [0, 0.1) is 6.92 Å². The average molecular weight is 332 g/mol. The molecule has 2 heterocycles. The fourth-order valence-electron chi connectivity index (χ4n) is 1.85. The van der Waals surface area contributed by atoms with Crippen LogP contribution in [-0.2, 0) is 11.8 Å². The Morgan fingerprint density at radius 2 is 2.05 bits per heavy atom. The summed E-state index contributed by atoms with van der Waals surface area (Å²) in [5, 5.41) is 9.84. The Kier molecular flexibility index (Phi) is 7.94. The van der Waals surface area contributed by atoms with Crippen LogP contribution in [0.1, 0.15) is 17.3 Å². The van der Waals surface area contributed by atoms with Crippen molar-refractivity contribution in [1.82, 2.24) is 20.1 Å². The van der Waals surface area contributed by atoms with Gasteiger partial charge in [0.15, 0.2) is 0 Å². The predicted molar refractivity (Wildman–Crippen MR) is 87.1 cm³/mol. The summed E-state index contributed by atoms with van der Waals surface area (Å²) in [6.45, 7) is 1.88. The molecule has 2 rings (SSSR count). The molecule has 116 valence electrons. The molecule has 2 N–H and O–H groups in total. The number of halogens is 2. The topological polar surface area (TPSA) is 71.8 Å². The van der Waals surface area contributed by atoms with Crippen LogP contribution in [0.2, 0.25) is 0 Å². The van der Waals surface area contributed by atoms with Gasteiger partial charge in [-0.3, -0.25) is 9.48 Å². The molecule has 8 heteroatoms. The van der Waals surface area contributed by atoms with Crippen molar-refractivity contribution in [3.8, 4) is 0 Å². The molecule has 0 fully saturated rings. The number of pyridine rings is 1. The molecule has 2 aromatic heterocycles. The number of likely N-dealkylation sites (N-methyl/N-ethyl adjacent to an activating group) is 1. The normalized spacial score (nSPS) is 11.0. The highest BCUT2D eigenvalue weighted by Crippen LogP contribution is 2.14. The second-order valence-corrected chi connectivity index (χ2v) is 4.32. The number of amides is 1. The lowest BCUT2D eigenvalue weighted by Gasteiger charge is -2.14. The molecular weight excluding hydrogens is 313 g/mol. The van der Waals surface area contributed by atoms with Crippen LogP contribution in [-0.4, -0.2) is 27.7 Å². The van der Waals surface area contributed by atoms with Crippen molar-refractivity contribution in [2.24, 2.45) is 7.05 Å². The minimum Gasteiger partial charge on any atom is -0.309 e. The molecule has 1 atom stereocenters. The van der Waals surface area contributed by atoms with Gasteiger partial charge >= 0.3 is 0 Å². The monoisotopic (exact) mass is 331 g/mol. The van der Waals surface area contributed by atoms with Crippen molar-refractivity contribution >= 4 is 36.5 Å². The lowest BCUT2D eigenvalue weighted by Crippen LogP contribution is -2.30. The Bertz CT molecular complexity index is 587. The Hall–Kier alpha value is -1.63. The van der Waals surface area contributed by atoms with Crippen LogP contribution >= 0.6 is 24.8 Å². The summed E-state index contributed by atoms with van der Waals surface area (Å²) in [4.78, 5) is 16.5. The smallest absolute Gasteiger partial charge is 0.247 e. The Morgan fingerprint density at radius 1 is 1.33 bits per heavy atom. The van der Waals surface area contributed by atoms with E-state index in [1.165, 1.54) is 0 Å². The highest BCUT2D eigenvalue weighted by molar-refractivity contribution is 5.94. The first kappa shape index (κ1) is 19.4. The molecular formula is C13H19Cl2N5O. The molecule has 0 aliphatic heterocycles. The second kappa shape index (κ2) is 8.61. The minimum absolute atomic E-state index is 0. The van der Waals surface area contributed by atoms with E-state index in [1.807, 2.05) is 32.3 Å². The van der Waals surface area contributed by atoms with Crippen molar-refractivity contribution in [2.75, 3.05) is 12.4 Å². The van der Waals surface area contributed by atoms with E-state index in [1.54, 1.807) is 24.0 Å². The van der Waals surface area contributed by atoms with Crippen molar-refractivity contribution in [1.29, 1.82) is 0 Å². The maximum atomic E-state index is 12.2. The number of nitrogens with zero attached hydrogens (tertiary/aromatic N) is 3. The number of carbonyl (C=O) groups excluding carboxylic acids is 1. The van der Waals surface area contributed by atoms with Gasteiger partial charge in [-0.05, 0) is 26.1 Å². The van der Waals surface area contributed by atoms with E-state index in [4.69, 9.17) is 0 Å². The molecule has 0 saturated carbocycles. The predicted octanol–water partition coefficient (Wildman–Crippen LogP) is 1.87. The number of hydrogen-bond donors (Lipinski definition) is 2. The van der Waals surface area contributed by atoms with Crippen molar-refractivity contribution in [3.05, 3.63) is 41.9 Å². The van der Waals surface area contributed by atoms with Crippen LogP contribution in [0.4, 0.5) is 5.82 Å². The first-order valence-electron chi connectivity index (χ1n) is 6.00. The lowest BCUT2D eigenvalue weighted by atomic mass is 10.1. The fraction of sp³-hybridized carbons (Fsp3) is 0.308. The average Bonchev–Trinajstić information content (AvgIpc) is 2.76. The summed E-state index contributed by atoms with van der Waals surface area (Å²) in [6.07, 6.45) is 3.48. The third kappa shape index (κ3) is 5.00. The quantitative estimate of drug-likeness (QED) is 0.897. The van der Waals surface area contributed by atoms with Crippen molar-refractivity contribution < 1.29 is 4.79 Å². The standard InChI is InChI=1S/C13H17N5O.2ClH/c1-9-5-4-6-11(16-9)17-13(19)12(14-2)10-7-15-18(3)8-10;;/h4-8,12,14H,1-3H3,(H,16,17,19);2*1H. The van der Waals surface area contributed by atoms with Crippen molar-refractivity contribution in [3.63, 3.8) is 0 Å². The van der Waals surface area contributed by atoms with Gasteiger partial charge in [0.2, 0.25) is 5.91 Å². The number of hydrogen-bond acceptors (Lipinski definition) is 4. The maximum Gasteiger partial charge on any atom is 0.247 e. The summed E-state index contributed by atoms with van der Waals surface area (Å²) in [6, 6.07) is 5.06. The fourth-order valence-corrected chi connectivity index (χ4v) is 1.85. The number of aryl methyl sites for hydroxylation is 2.